The number of H-pyrrole nitrogens is 1. The largest absolute Gasteiger partial charge is 0.493 e. The predicted octanol–water partition coefficient (Wildman–Crippen LogP) is 5.56. The second-order valence-electron chi connectivity index (χ2n) is 10.6. The van der Waals surface area contributed by atoms with Crippen LogP contribution in [0.3, 0.4) is 0 Å². The van der Waals surface area contributed by atoms with Crippen LogP contribution in [-0.2, 0) is 23.1 Å². The van der Waals surface area contributed by atoms with Gasteiger partial charge < -0.3 is 19.8 Å². The summed E-state index contributed by atoms with van der Waals surface area (Å²) in [5, 5.41) is 2.82. The van der Waals surface area contributed by atoms with Gasteiger partial charge in [0.15, 0.2) is 0 Å². The van der Waals surface area contributed by atoms with Crippen molar-refractivity contribution in [3.63, 3.8) is 0 Å². The van der Waals surface area contributed by atoms with Gasteiger partial charge in [0.1, 0.15) is 28.9 Å². The standard InChI is InChI=1S/C29H29N5O3/c1-29(2,3)25-14-17(8-10-30-25)22-15-32-27(33-22)19-12-18-13-20(4-6-23(18)36-16-19)37-24-9-11-31-28-21(24)5-7-26(35)34-28/h4,6,8-11,13-15,19H,5,7,12,16H2,1-3H3,(H,32,33)(H,31,34,35). The van der Waals surface area contributed by atoms with Gasteiger partial charge in [-0.05, 0) is 54.8 Å². The Morgan fingerprint density at radius 1 is 1.03 bits per heavy atom. The summed E-state index contributed by atoms with van der Waals surface area (Å²) in [6.07, 6.45) is 7.21. The van der Waals surface area contributed by atoms with Crippen molar-refractivity contribution in [2.24, 2.45) is 0 Å². The number of nitrogens with one attached hydrogen (secondary N) is 2. The minimum atomic E-state index is -0.0247. The molecule has 4 aromatic rings. The van der Waals surface area contributed by atoms with Gasteiger partial charge in [-0.1, -0.05) is 20.8 Å². The summed E-state index contributed by atoms with van der Waals surface area (Å²) in [6, 6.07) is 11.9. The number of nitrogens with zero attached hydrogens (tertiary/aromatic N) is 3. The van der Waals surface area contributed by atoms with E-state index >= 15 is 0 Å². The van der Waals surface area contributed by atoms with Crippen LogP contribution in [0, 0.1) is 0 Å². The molecular weight excluding hydrogens is 466 g/mol. The Bertz CT molecular complexity index is 1490. The Kier molecular flexibility index (Phi) is 5.67. The van der Waals surface area contributed by atoms with Crippen molar-refractivity contribution in [3.05, 3.63) is 77.6 Å². The average molecular weight is 496 g/mol. The fourth-order valence-electron chi connectivity index (χ4n) is 4.79. The van der Waals surface area contributed by atoms with E-state index in [1.807, 2.05) is 42.7 Å². The number of fused-ring (bicyclic) bond motifs is 2. The number of carbonyl (C=O) groups excluding carboxylic acids is 1. The van der Waals surface area contributed by atoms with Gasteiger partial charge in [0.2, 0.25) is 5.91 Å². The normalized spacial score (nSPS) is 16.8. The first-order valence-electron chi connectivity index (χ1n) is 12.6. The number of hydrogen-bond donors (Lipinski definition) is 2. The molecule has 2 aliphatic heterocycles. The fraction of sp³-hybridized carbons (Fsp3) is 0.310. The SMILES string of the molecule is CC(C)(C)c1cc(-c2cnc(C3COc4ccc(Oc5ccnc6c5CCC(=O)N6)cc4C3)[nH]2)ccn1. The van der Waals surface area contributed by atoms with Crippen molar-refractivity contribution in [1.82, 2.24) is 19.9 Å². The van der Waals surface area contributed by atoms with Gasteiger partial charge in [-0.25, -0.2) is 9.97 Å². The molecule has 8 heteroatoms. The van der Waals surface area contributed by atoms with Crippen LogP contribution >= 0.6 is 0 Å². The molecule has 0 aliphatic carbocycles. The molecule has 0 bridgehead atoms. The Morgan fingerprint density at radius 3 is 2.76 bits per heavy atom. The van der Waals surface area contributed by atoms with Gasteiger partial charge in [-0.15, -0.1) is 0 Å². The lowest BCUT2D eigenvalue weighted by Gasteiger charge is -2.25. The number of pyridine rings is 2. The van der Waals surface area contributed by atoms with E-state index in [-0.39, 0.29) is 17.2 Å². The summed E-state index contributed by atoms with van der Waals surface area (Å²) in [4.78, 5) is 28.7. The molecule has 6 rings (SSSR count). The summed E-state index contributed by atoms with van der Waals surface area (Å²) >= 11 is 0. The summed E-state index contributed by atoms with van der Waals surface area (Å²) in [5.74, 6) is 3.86. The molecule has 1 unspecified atom stereocenters. The smallest absolute Gasteiger partial charge is 0.225 e. The maximum atomic E-state index is 11.7. The average Bonchev–Trinajstić information content (AvgIpc) is 3.38. The van der Waals surface area contributed by atoms with Crippen LogP contribution in [0.25, 0.3) is 11.3 Å². The summed E-state index contributed by atoms with van der Waals surface area (Å²) < 4.78 is 12.3. The number of benzene rings is 1. The van der Waals surface area contributed by atoms with E-state index < -0.39 is 0 Å². The Hall–Kier alpha value is -4.20. The lowest BCUT2D eigenvalue weighted by atomic mass is 9.90. The van der Waals surface area contributed by atoms with Crippen LogP contribution in [0.2, 0.25) is 0 Å². The molecule has 2 N–H and O–H groups in total. The highest BCUT2D eigenvalue weighted by atomic mass is 16.5. The number of aromatic nitrogens is 4. The van der Waals surface area contributed by atoms with Gasteiger partial charge in [-0.2, -0.15) is 0 Å². The van der Waals surface area contributed by atoms with E-state index in [1.165, 1.54) is 0 Å². The van der Waals surface area contributed by atoms with E-state index in [4.69, 9.17) is 14.5 Å². The minimum absolute atomic E-state index is 0.0196. The highest BCUT2D eigenvalue weighted by Gasteiger charge is 2.26. The molecule has 0 spiro atoms. The van der Waals surface area contributed by atoms with Gasteiger partial charge in [0, 0.05) is 41.1 Å². The number of carbonyl (C=O) groups is 1. The summed E-state index contributed by atoms with van der Waals surface area (Å²) in [6.45, 7) is 7.04. The number of ether oxygens (including phenoxy) is 2. The zero-order valence-corrected chi connectivity index (χ0v) is 21.2. The van der Waals surface area contributed by atoms with E-state index in [2.05, 4.69) is 47.1 Å². The molecule has 2 aliphatic rings. The van der Waals surface area contributed by atoms with E-state index in [9.17, 15) is 4.79 Å². The van der Waals surface area contributed by atoms with Crippen LogP contribution in [0.15, 0.2) is 55.0 Å². The lowest BCUT2D eigenvalue weighted by Crippen LogP contribution is -2.20. The molecule has 5 heterocycles. The third-order valence-electron chi connectivity index (χ3n) is 6.86. The zero-order valence-electron chi connectivity index (χ0n) is 21.2. The number of hydrogen-bond acceptors (Lipinski definition) is 6. The first-order chi connectivity index (χ1) is 17.8. The van der Waals surface area contributed by atoms with Crippen LogP contribution in [-0.4, -0.2) is 32.4 Å². The van der Waals surface area contributed by atoms with E-state index in [0.29, 0.717) is 31.0 Å². The minimum Gasteiger partial charge on any atom is -0.493 e. The first kappa shape index (κ1) is 23.2. The highest BCUT2D eigenvalue weighted by Crippen LogP contribution is 2.38. The first-order valence-corrected chi connectivity index (χ1v) is 12.6. The van der Waals surface area contributed by atoms with Crippen LogP contribution in [0.1, 0.15) is 55.8 Å². The maximum absolute atomic E-state index is 11.7. The zero-order chi connectivity index (χ0) is 25.6. The molecule has 1 atom stereocenters. The van der Waals surface area contributed by atoms with Crippen molar-refractivity contribution in [2.75, 3.05) is 11.9 Å². The highest BCUT2D eigenvalue weighted by molar-refractivity contribution is 5.93. The molecule has 8 nitrogen and oxygen atoms in total. The van der Waals surface area contributed by atoms with E-state index in [0.717, 1.165) is 51.8 Å². The third kappa shape index (κ3) is 4.67. The number of amides is 1. The summed E-state index contributed by atoms with van der Waals surface area (Å²) in [5.41, 5.74) is 5.05. The van der Waals surface area contributed by atoms with Crippen molar-refractivity contribution in [1.29, 1.82) is 0 Å². The molecule has 1 amide bonds. The molecular formula is C29H29N5O3. The summed E-state index contributed by atoms with van der Waals surface area (Å²) in [7, 11) is 0. The predicted molar refractivity (Wildman–Crippen MR) is 140 cm³/mol. The second kappa shape index (κ2) is 9.03. The molecule has 1 aromatic carbocycles. The van der Waals surface area contributed by atoms with Gasteiger partial charge in [-0.3, -0.25) is 9.78 Å². The second-order valence-corrected chi connectivity index (χ2v) is 10.6. The van der Waals surface area contributed by atoms with Gasteiger partial charge in [0.05, 0.1) is 24.4 Å². The van der Waals surface area contributed by atoms with Crippen LogP contribution in [0.4, 0.5) is 5.82 Å². The lowest BCUT2D eigenvalue weighted by molar-refractivity contribution is -0.116. The molecule has 37 heavy (non-hydrogen) atoms. The topological polar surface area (TPSA) is 102 Å². The molecule has 188 valence electrons. The van der Waals surface area contributed by atoms with Crippen LogP contribution < -0.4 is 14.8 Å². The number of imidazole rings is 1. The van der Waals surface area contributed by atoms with Crippen molar-refractivity contribution in [2.45, 2.75) is 51.4 Å². The fourth-order valence-corrected chi connectivity index (χ4v) is 4.79. The Morgan fingerprint density at radius 2 is 1.89 bits per heavy atom. The Labute approximate surface area is 215 Å². The third-order valence-corrected chi connectivity index (χ3v) is 6.86. The molecule has 0 saturated carbocycles. The van der Waals surface area contributed by atoms with Gasteiger partial charge in [0.25, 0.3) is 0 Å². The monoisotopic (exact) mass is 495 g/mol. The molecule has 0 radical (unpaired) electrons. The number of anilines is 1. The van der Waals surface area contributed by atoms with E-state index in [1.54, 1.807) is 6.20 Å². The van der Waals surface area contributed by atoms with Crippen LogP contribution in [0.5, 0.6) is 17.2 Å². The maximum Gasteiger partial charge on any atom is 0.225 e. The number of aromatic amines is 1. The molecule has 3 aromatic heterocycles. The number of rotatable bonds is 4. The Balaban J connectivity index is 1.21. The van der Waals surface area contributed by atoms with Crippen molar-refractivity contribution >= 4 is 11.7 Å². The van der Waals surface area contributed by atoms with Gasteiger partial charge >= 0.3 is 0 Å². The quantitative estimate of drug-likeness (QED) is 0.384. The van der Waals surface area contributed by atoms with Crippen molar-refractivity contribution < 1.29 is 14.3 Å². The molecule has 0 fully saturated rings. The molecule has 0 saturated heterocycles. The van der Waals surface area contributed by atoms with Crippen molar-refractivity contribution in [3.8, 4) is 28.5 Å².